The molecule has 1 aromatic carbocycles. The average Bonchev–Trinajstić information content (AvgIpc) is 3.54. The van der Waals surface area contributed by atoms with E-state index in [1.54, 1.807) is 18.2 Å². The molecular weight excluding hydrogens is 488 g/mol. The molecule has 0 saturated heterocycles. The molecule has 1 amide bonds. The molecule has 1 fully saturated rings. The summed E-state index contributed by atoms with van der Waals surface area (Å²) in [6.07, 6.45) is 3.95. The molecule has 2 heterocycles. The average molecular weight is 519 g/mol. The summed E-state index contributed by atoms with van der Waals surface area (Å²) in [5, 5.41) is 7.28. The number of nitrogens with one attached hydrogen (secondary N) is 2. The van der Waals surface area contributed by atoms with E-state index in [-0.39, 0.29) is 33.7 Å². The molecule has 1 aliphatic carbocycles. The number of amides is 1. The van der Waals surface area contributed by atoms with Gasteiger partial charge in [-0.15, -0.1) is 0 Å². The quantitative estimate of drug-likeness (QED) is 0.432. The van der Waals surface area contributed by atoms with Crippen LogP contribution in [-0.2, 0) is 20.2 Å². The van der Waals surface area contributed by atoms with Crippen LogP contribution >= 0.6 is 11.3 Å². The molecule has 2 aromatic heterocycles. The maximum Gasteiger partial charge on any atom is 0.266 e. The van der Waals surface area contributed by atoms with E-state index in [4.69, 9.17) is 9.26 Å². The van der Waals surface area contributed by atoms with Gasteiger partial charge in [0.15, 0.2) is 10.9 Å². The summed E-state index contributed by atoms with van der Waals surface area (Å²) in [6.45, 7) is 7.66. The van der Waals surface area contributed by atoms with Crippen LogP contribution in [0.5, 0.6) is 5.75 Å². The summed E-state index contributed by atoms with van der Waals surface area (Å²) in [4.78, 5) is 17.7. The highest BCUT2D eigenvalue weighted by Crippen LogP contribution is 2.37. The Balaban J connectivity index is 1.62. The number of sulfonamides is 1. The van der Waals surface area contributed by atoms with Crippen molar-refractivity contribution in [2.24, 2.45) is 5.92 Å². The van der Waals surface area contributed by atoms with Gasteiger partial charge in [-0.05, 0) is 43.5 Å². The van der Waals surface area contributed by atoms with Crippen molar-refractivity contribution in [1.29, 1.82) is 0 Å². The van der Waals surface area contributed by atoms with Gasteiger partial charge in [0.1, 0.15) is 16.4 Å². The number of ether oxygens (including phenoxy) is 1. The maximum atomic E-state index is 13.3. The number of hydrogen-bond donors (Lipinski definition) is 2. The van der Waals surface area contributed by atoms with Crippen molar-refractivity contribution in [2.45, 2.75) is 63.7 Å². The van der Waals surface area contributed by atoms with Gasteiger partial charge in [-0.1, -0.05) is 50.1 Å². The maximum absolute atomic E-state index is 13.3. The van der Waals surface area contributed by atoms with Crippen molar-refractivity contribution in [2.75, 3.05) is 17.1 Å². The van der Waals surface area contributed by atoms with Crippen LogP contribution in [0.3, 0.4) is 0 Å². The first-order valence-electron chi connectivity index (χ1n) is 11.4. The van der Waals surface area contributed by atoms with Crippen LogP contribution in [0, 0.1) is 12.8 Å². The Morgan fingerprint density at radius 2 is 1.91 bits per heavy atom. The van der Waals surface area contributed by atoms with Gasteiger partial charge in [0.2, 0.25) is 5.91 Å². The summed E-state index contributed by atoms with van der Waals surface area (Å²) >= 11 is 1.32. The summed E-state index contributed by atoms with van der Waals surface area (Å²) in [5.74, 6) is 0.864. The minimum absolute atomic E-state index is 0.00719. The molecule has 35 heavy (non-hydrogen) atoms. The number of carbonyl (C=O) groups excluding carboxylic acids is 1. The summed E-state index contributed by atoms with van der Waals surface area (Å²) in [6, 6.07) is 6.48. The Bertz CT molecular complexity index is 1330. The van der Waals surface area contributed by atoms with Crippen molar-refractivity contribution >= 4 is 38.2 Å². The second-order valence-electron chi connectivity index (χ2n) is 9.70. The predicted octanol–water partition coefficient (Wildman–Crippen LogP) is 5.34. The van der Waals surface area contributed by atoms with E-state index in [0.717, 1.165) is 30.6 Å². The molecule has 1 aliphatic rings. The number of methoxy groups -OCH3 is 1. The molecule has 4 rings (SSSR count). The molecule has 0 atom stereocenters. The molecular formula is C24H30N4O5S2. The summed E-state index contributed by atoms with van der Waals surface area (Å²) in [5.41, 5.74) is 1.03. The smallest absolute Gasteiger partial charge is 0.266 e. The second kappa shape index (κ2) is 9.62. The molecule has 0 aliphatic heterocycles. The number of nitrogens with zero attached hydrogens (tertiary/aromatic N) is 2. The molecule has 0 spiro atoms. The molecule has 0 radical (unpaired) electrons. The van der Waals surface area contributed by atoms with E-state index in [1.807, 2.05) is 27.7 Å². The zero-order valence-electron chi connectivity index (χ0n) is 20.5. The van der Waals surface area contributed by atoms with Gasteiger partial charge in [-0.3, -0.25) is 9.52 Å². The Labute approximate surface area is 209 Å². The van der Waals surface area contributed by atoms with E-state index in [2.05, 4.69) is 20.2 Å². The topological polar surface area (TPSA) is 123 Å². The fourth-order valence-corrected chi connectivity index (χ4v) is 6.16. The summed E-state index contributed by atoms with van der Waals surface area (Å²) < 4.78 is 39.6. The van der Waals surface area contributed by atoms with Gasteiger partial charge in [0.05, 0.1) is 17.7 Å². The lowest BCUT2D eigenvalue weighted by Crippen LogP contribution is -2.20. The predicted molar refractivity (Wildman–Crippen MR) is 135 cm³/mol. The third-order valence-corrected chi connectivity index (χ3v) is 8.45. The summed E-state index contributed by atoms with van der Waals surface area (Å²) in [7, 11) is -2.62. The van der Waals surface area contributed by atoms with E-state index >= 15 is 0 Å². The van der Waals surface area contributed by atoms with Crippen LogP contribution in [-0.4, -0.2) is 31.6 Å². The molecule has 188 valence electrons. The Hall–Kier alpha value is -2.92. The van der Waals surface area contributed by atoms with Gasteiger partial charge < -0.3 is 14.6 Å². The van der Waals surface area contributed by atoms with Crippen molar-refractivity contribution < 1.29 is 22.5 Å². The van der Waals surface area contributed by atoms with Crippen LogP contribution in [0.4, 0.5) is 10.9 Å². The van der Waals surface area contributed by atoms with Crippen molar-refractivity contribution in [3.8, 4) is 16.2 Å². The first-order valence-corrected chi connectivity index (χ1v) is 13.7. The van der Waals surface area contributed by atoms with Gasteiger partial charge in [0.25, 0.3) is 10.0 Å². The molecule has 11 heteroatoms. The number of anilines is 2. The monoisotopic (exact) mass is 518 g/mol. The van der Waals surface area contributed by atoms with Crippen LogP contribution < -0.4 is 14.8 Å². The number of rotatable bonds is 7. The third kappa shape index (κ3) is 5.51. The van der Waals surface area contributed by atoms with Crippen LogP contribution in [0.1, 0.15) is 57.9 Å². The van der Waals surface area contributed by atoms with E-state index in [9.17, 15) is 13.2 Å². The number of carbonyl (C=O) groups is 1. The zero-order valence-corrected chi connectivity index (χ0v) is 22.1. The minimum atomic E-state index is -4.04. The largest absolute Gasteiger partial charge is 0.495 e. The number of thiazole rings is 1. The Morgan fingerprint density at radius 1 is 1.20 bits per heavy atom. The third-order valence-electron chi connectivity index (χ3n) is 5.96. The van der Waals surface area contributed by atoms with Gasteiger partial charge >= 0.3 is 0 Å². The highest BCUT2D eigenvalue weighted by molar-refractivity contribution is 7.92. The molecule has 1 saturated carbocycles. The van der Waals surface area contributed by atoms with Gasteiger partial charge in [0, 0.05) is 17.4 Å². The Kier molecular flexibility index (Phi) is 6.92. The SMILES string of the molecule is COc1ccc(-c2sc(NC(=O)C3CCCC3)nc2C)cc1S(=O)(=O)Nc1cc(C(C)(C)C)on1. The molecule has 0 unspecified atom stereocenters. The van der Waals surface area contributed by atoms with Gasteiger partial charge in [-0.2, -0.15) is 0 Å². The van der Waals surface area contributed by atoms with Crippen LogP contribution in [0.25, 0.3) is 10.4 Å². The standard InChI is InChI=1S/C24H30N4O5S2/c1-14-21(34-23(25-14)26-22(29)15-8-6-7-9-15)16-10-11-17(32-5)18(12-16)35(30,31)28-20-13-19(33-27-20)24(2,3)4/h10-13,15H,6-9H2,1-5H3,(H,27,28)(H,25,26,29). The molecule has 3 aromatic rings. The lowest BCUT2D eigenvalue weighted by molar-refractivity contribution is -0.119. The number of aromatic nitrogens is 2. The first-order chi connectivity index (χ1) is 16.5. The molecule has 2 N–H and O–H groups in total. The normalized spacial score (nSPS) is 14.8. The van der Waals surface area contributed by atoms with E-state index in [1.165, 1.54) is 24.5 Å². The highest BCUT2D eigenvalue weighted by atomic mass is 32.2. The van der Waals surface area contributed by atoms with Gasteiger partial charge in [-0.25, -0.2) is 13.4 Å². The van der Waals surface area contributed by atoms with Crippen molar-refractivity contribution in [3.63, 3.8) is 0 Å². The zero-order chi connectivity index (χ0) is 25.4. The number of hydrogen-bond acceptors (Lipinski definition) is 8. The van der Waals surface area contributed by atoms with Crippen LogP contribution in [0.15, 0.2) is 33.7 Å². The van der Waals surface area contributed by atoms with E-state index < -0.39 is 10.0 Å². The number of aryl methyl sites for hydroxylation is 1. The van der Waals surface area contributed by atoms with Crippen molar-refractivity contribution in [3.05, 3.63) is 35.7 Å². The lowest BCUT2D eigenvalue weighted by atomic mass is 9.93. The van der Waals surface area contributed by atoms with Crippen molar-refractivity contribution in [1.82, 2.24) is 10.1 Å². The van der Waals surface area contributed by atoms with E-state index in [0.29, 0.717) is 22.1 Å². The lowest BCUT2D eigenvalue weighted by Gasteiger charge is -2.12. The van der Waals surface area contributed by atoms with Crippen LogP contribution in [0.2, 0.25) is 0 Å². The fraction of sp³-hybridized carbons (Fsp3) is 0.458. The number of benzene rings is 1. The second-order valence-corrected chi connectivity index (χ2v) is 12.4. The Morgan fingerprint density at radius 3 is 2.54 bits per heavy atom. The first kappa shape index (κ1) is 25.2. The molecule has 9 nitrogen and oxygen atoms in total. The highest BCUT2D eigenvalue weighted by Gasteiger charge is 2.27. The fourth-order valence-electron chi connectivity index (χ4n) is 4.01. The molecule has 0 bridgehead atoms. The minimum Gasteiger partial charge on any atom is -0.495 e.